The van der Waals surface area contributed by atoms with Gasteiger partial charge in [0.05, 0.1) is 12.2 Å². The van der Waals surface area contributed by atoms with Crippen LogP contribution in [0.5, 0.6) is 0 Å². The van der Waals surface area contributed by atoms with Crippen molar-refractivity contribution in [3.05, 3.63) is 18.0 Å². The van der Waals surface area contributed by atoms with Crippen LogP contribution < -0.4 is 5.73 Å². The number of aromatic nitrogens is 1. The number of hydrogen-bond donors (Lipinski definition) is 1. The van der Waals surface area contributed by atoms with Crippen LogP contribution in [0.4, 0.5) is 0 Å². The first-order chi connectivity index (χ1) is 6.83. The molecule has 0 unspecified atom stereocenters. The van der Waals surface area contributed by atoms with Gasteiger partial charge in [-0.05, 0) is 6.26 Å². The van der Waals surface area contributed by atoms with Gasteiger partial charge in [-0.1, -0.05) is 16.9 Å². The smallest absolute Gasteiger partial charge is 0.153 e. The fraction of sp³-hybridized carbons (Fsp3) is 0.500. The Bertz CT molecular complexity index is 274. The lowest BCUT2D eigenvalue weighted by molar-refractivity contribution is 0.414. The molecule has 0 saturated heterocycles. The van der Waals surface area contributed by atoms with E-state index in [1.54, 1.807) is 18.0 Å². The molecule has 1 aromatic rings. The summed E-state index contributed by atoms with van der Waals surface area (Å²) in [5, 5.41) is 4.45. The third-order valence-corrected chi connectivity index (χ3v) is 2.97. The molecule has 1 heterocycles. The summed E-state index contributed by atoms with van der Waals surface area (Å²) in [5.74, 6) is 1.82. The van der Waals surface area contributed by atoms with Crippen molar-refractivity contribution >= 4 is 28.7 Å². The highest BCUT2D eigenvalue weighted by molar-refractivity contribution is 8.13. The second kappa shape index (κ2) is 6.78. The van der Waals surface area contributed by atoms with E-state index in [4.69, 9.17) is 10.3 Å². The van der Waals surface area contributed by atoms with E-state index in [1.165, 1.54) is 11.8 Å². The van der Waals surface area contributed by atoms with Crippen LogP contribution in [0.25, 0.3) is 0 Å². The first-order valence-electron chi connectivity index (χ1n) is 4.14. The second-order valence-corrected chi connectivity index (χ2v) is 4.40. The molecule has 0 aliphatic heterocycles. The summed E-state index contributed by atoms with van der Waals surface area (Å²) in [6.07, 6.45) is 3.50. The van der Waals surface area contributed by atoms with Gasteiger partial charge in [-0.25, -0.2) is 0 Å². The summed E-state index contributed by atoms with van der Waals surface area (Å²) in [4.78, 5) is 4.15. The molecule has 0 radical (unpaired) electrons. The van der Waals surface area contributed by atoms with Gasteiger partial charge in [-0.15, -0.1) is 0 Å². The summed E-state index contributed by atoms with van der Waals surface area (Å²) in [6.45, 7) is 0.759. The SMILES string of the molecule is CSC(N)=NCCSCc1ccon1. The maximum absolute atomic E-state index is 5.53. The van der Waals surface area contributed by atoms with Crippen LogP contribution in [0.15, 0.2) is 21.8 Å². The number of hydrogen-bond acceptors (Lipinski definition) is 5. The molecule has 0 atom stereocenters. The molecule has 0 spiro atoms. The first kappa shape index (κ1) is 11.5. The van der Waals surface area contributed by atoms with E-state index in [0.29, 0.717) is 5.17 Å². The van der Waals surface area contributed by atoms with Gasteiger partial charge >= 0.3 is 0 Å². The number of nitrogens with two attached hydrogens (primary N) is 1. The van der Waals surface area contributed by atoms with E-state index in [1.807, 2.05) is 12.3 Å². The van der Waals surface area contributed by atoms with Gasteiger partial charge in [0.15, 0.2) is 5.17 Å². The average molecular weight is 231 g/mol. The Hall–Kier alpha value is -0.620. The number of nitrogens with zero attached hydrogens (tertiary/aromatic N) is 2. The molecular weight excluding hydrogens is 218 g/mol. The normalized spacial score (nSPS) is 11.9. The maximum atomic E-state index is 5.53. The standard InChI is InChI=1S/C8H13N3OS2/c1-13-8(9)10-3-5-14-6-7-2-4-12-11-7/h2,4H,3,5-6H2,1H3,(H2,9,10). The zero-order valence-electron chi connectivity index (χ0n) is 7.97. The van der Waals surface area contributed by atoms with Crippen molar-refractivity contribution in [3.8, 4) is 0 Å². The van der Waals surface area contributed by atoms with Crippen LogP contribution in [-0.2, 0) is 5.75 Å². The van der Waals surface area contributed by atoms with Crippen LogP contribution in [0, 0.1) is 0 Å². The van der Waals surface area contributed by atoms with E-state index in [-0.39, 0.29) is 0 Å². The summed E-state index contributed by atoms with van der Waals surface area (Å²) < 4.78 is 4.71. The summed E-state index contributed by atoms with van der Waals surface area (Å²) in [7, 11) is 0. The first-order valence-corrected chi connectivity index (χ1v) is 6.52. The minimum atomic E-state index is 0.645. The fourth-order valence-electron chi connectivity index (χ4n) is 0.774. The van der Waals surface area contributed by atoms with Crippen molar-refractivity contribution in [2.24, 2.45) is 10.7 Å². The molecule has 0 amide bonds. The van der Waals surface area contributed by atoms with E-state index in [2.05, 4.69) is 10.1 Å². The molecule has 14 heavy (non-hydrogen) atoms. The van der Waals surface area contributed by atoms with Crippen LogP contribution in [-0.4, -0.2) is 28.9 Å². The van der Waals surface area contributed by atoms with Crippen molar-refractivity contribution < 1.29 is 4.52 Å². The minimum absolute atomic E-state index is 0.645. The Labute approximate surface area is 91.7 Å². The molecule has 0 fully saturated rings. The van der Waals surface area contributed by atoms with Gasteiger partial charge in [0.1, 0.15) is 6.26 Å². The minimum Gasteiger partial charge on any atom is -0.379 e. The molecule has 4 nitrogen and oxygen atoms in total. The van der Waals surface area contributed by atoms with Crippen molar-refractivity contribution in [3.63, 3.8) is 0 Å². The Morgan fingerprint density at radius 2 is 2.57 bits per heavy atom. The van der Waals surface area contributed by atoms with Crippen LogP contribution in [0.1, 0.15) is 5.69 Å². The average Bonchev–Trinajstić information content (AvgIpc) is 2.69. The third-order valence-electron chi connectivity index (χ3n) is 1.45. The Balaban J connectivity index is 2.05. The van der Waals surface area contributed by atoms with E-state index < -0.39 is 0 Å². The van der Waals surface area contributed by atoms with E-state index in [0.717, 1.165) is 23.7 Å². The van der Waals surface area contributed by atoms with E-state index in [9.17, 15) is 0 Å². The predicted octanol–water partition coefficient (Wildman–Crippen LogP) is 1.59. The van der Waals surface area contributed by atoms with Crippen LogP contribution in [0.2, 0.25) is 0 Å². The Morgan fingerprint density at radius 1 is 1.71 bits per heavy atom. The zero-order valence-corrected chi connectivity index (χ0v) is 9.61. The molecule has 0 saturated carbocycles. The number of thioether (sulfide) groups is 2. The Morgan fingerprint density at radius 3 is 3.21 bits per heavy atom. The van der Waals surface area contributed by atoms with Crippen molar-refractivity contribution in [1.82, 2.24) is 5.16 Å². The number of rotatable bonds is 5. The van der Waals surface area contributed by atoms with Crippen LogP contribution in [0.3, 0.4) is 0 Å². The summed E-state index contributed by atoms with van der Waals surface area (Å²) in [5.41, 5.74) is 6.50. The van der Waals surface area contributed by atoms with Crippen LogP contribution >= 0.6 is 23.5 Å². The molecule has 78 valence electrons. The lowest BCUT2D eigenvalue weighted by Gasteiger charge is -1.96. The van der Waals surface area contributed by atoms with Gasteiger partial charge in [0.25, 0.3) is 0 Å². The highest BCUT2D eigenvalue weighted by Crippen LogP contribution is 2.09. The fourth-order valence-corrected chi connectivity index (χ4v) is 1.72. The van der Waals surface area contributed by atoms with Gasteiger partial charge in [0, 0.05) is 17.6 Å². The molecule has 6 heteroatoms. The molecular formula is C8H13N3OS2. The largest absolute Gasteiger partial charge is 0.379 e. The zero-order chi connectivity index (χ0) is 10.2. The molecule has 2 N–H and O–H groups in total. The van der Waals surface area contributed by atoms with Crippen molar-refractivity contribution in [2.45, 2.75) is 5.75 Å². The highest BCUT2D eigenvalue weighted by Gasteiger charge is 1.95. The molecule has 0 aromatic carbocycles. The monoisotopic (exact) mass is 231 g/mol. The van der Waals surface area contributed by atoms with Crippen molar-refractivity contribution in [2.75, 3.05) is 18.6 Å². The molecule has 1 rings (SSSR count). The molecule has 0 aliphatic carbocycles. The van der Waals surface area contributed by atoms with Crippen molar-refractivity contribution in [1.29, 1.82) is 0 Å². The lowest BCUT2D eigenvalue weighted by atomic mass is 10.5. The summed E-state index contributed by atoms with van der Waals surface area (Å²) >= 11 is 3.24. The molecule has 0 aliphatic rings. The van der Waals surface area contributed by atoms with E-state index >= 15 is 0 Å². The predicted molar refractivity (Wildman–Crippen MR) is 62.7 cm³/mol. The third kappa shape index (κ3) is 4.57. The topological polar surface area (TPSA) is 64.4 Å². The highest BCUT2D eigenvalue weighted by atomic mass is 32.2. The molecule has 0 bridgehead atoms. The number of aliphatic imine (C=N–C) groups is 1. The van der Waals surface area contributed by atoms with Gasteiger partial charge in [-0.2, -0.15) is 11.8 Å². The van der Waals surface area contributed by atoms with Gasteiger partial charge < -0.3 is 10.3 Å². The second-order valence-electron chi connectivity index (χ2n) is 2.47. The van der Waals surface area contributed by atoms with Gasteiger partial charge in [-0.3, -0.25) is 4.99 Å². The Kier molecular flexibility index (Phi) is 5.55. The quantitative estimate of drug-likeness (QED) is 0.473. The maximum Gasteiger partial charge on any atom is 0.153 e. The number of amidine groups is 1. The molecule has 1 aromatic heterocycles. The van der Waals surface area contributed by atoms with Gasteiger partial charge in [0.2, 0.25) is 0 Å². The summed E-state index contributed by atoms with van der Waals surface area (Å²) in [6, 6.07) is 1.87. The lowest BCUT2D eigenvalue weighted by Crippen LogP contribution is -2.06.